The van der Waals surface area contributed by atoms with Gasteiger partial charge in [-0.25, -0.2) is 4.39 Å². The molecule has 2 aliphatic rings. The van der Waals surface area contributed by atoms with E-state index < -0.39 is 17.5 Å². The van der Waals surface area contributed by atoms with Gasteiger partial charge in [-0.15, -0.1) is 0 Å². The van der Waals surface area contributed by atoms with Crippen LogP contribution in [0.25, 0.3) is 0 Å². The minimum Gasteiger partial charge on any atom is -0.371 e. The summed E-state index contributed by atoms with van der Waals surface area (Å²) in [6.07, 6.45) is -0.0223. The third kappa shape index (κ3) is 1.32. The van der Waals surface area contributed by atoms with Crippen LogP contribution in [0.2, 0.25) is 0 Å². The number of anilines is 1. The molecule has 0 N–H and O–H groups in total. The molecule has 1 aromatic rings. The first-order chi connectivity index (χ1) is 7.66. The molecule has 2 heterocycles. The number of nitrogens with zero attached hydrogens (tertiary/aromatic N) is 1. The number of Topliss-reactive ketones (excluding diaryl/α,β-unsaturated/α-hetero) is 1. The molecule has 1 amide bonds. The predicted octanol–water partition coefficient (Wildman–Crippen LogP) is 0.754. The van der Waals surface area contributed by atoms with Crippen molar-refractivity contribution in [3.8, 4) is 0 Å². The Morgan fingerprint density at radius 1 is 1.44 bits per heavy atom. The van der Waals surface area contributed by atoms with E-state index in [1.165, 1.54) is 23.1 Å². The number of hydrogen-bond donors (Lipinski definition) is 0. The third-order valence-corrected chi connectivity index (χ3v) is 2.72. The molecule has 82 valence electrons. The smallest absolute Gasteiger partial charge is 0.299 e. The van der Waals surface area contributed by atoms with Crippen LogP contribution in [0.15, 0.2) is 18.2 Å². The number of amides is 1. The zero-order valence-corrected chi connectivity index (χ0v) is 8.27. The van der Waals surface area contributed by atoms with Crippen LogP contribution in [0, 0.1) is 5.82 Å². The summed E-state index contributed by atoms with van der Waals surface area (Å²) in [5, 5.41) is 0. The second kappa shape index (κ2) is 3.12. The maximum atomic E-state index is 13.1. The lowest BCUT2D eigenvalue weighted by Crippen LogP contribution is -2.33. The highest BCUT2D eigenvalue weighted by atomic mass is 19.1. The van der Waals surface area contributed by atoms with Crippen molar-refractivity contribution in [2.24, 2.45) is 0 Å². The van der Waals surface area contributed by atoms with Crippen LogP contribution in [-0.2, 0) is 9.53 Å². The van der Waals surface area contributed by atoms with E-state index in [0.717, 1.165) is 0 Å². The average Bonchev–Trinajstić information content (AvgIpc) is 3.04. The Kier molecular flexibility index (Phi) is 1.85. The van der Waals surface area contributed by atoms with Crippen LogP contribution in [-0.4, -0.2) is 30.9 Å². The minimum atomic E-state index is -0.601. The number of fused-ring (bicyclic) bond motifs is 1. The van der Waals surface area contributed by atoms with Gasteiger partial charge in [0.15, 0.2) is 0 Å². The molecule has 1 unspecified atom stereocenters. The fourth-order valence-corrected chi connectivity index (χ4v) is 1.83. The van der Waals surface area contributed by atoms with Crippen LogP contribution in [0.4, 0.5) is 10.1 Å². The third-order valence-electron chi connectivity index (χ3n) is 2.72. The minimum absolute atomic E-state index is 0.0223. The maximum absolute atomic E-state index is 13.1. The van der Waals surface area contributed by atoms with Gasteiger partial charge in [0.25, 0.3) is 11.7 Å². The Morgan fingerprint density at radius 2 is 2.19 bits per heavy atom. The van der Waals surface area contributed by atoms with Crippen molar-refractivity contribution in [2.75, 3.05) is 18.1 Å². The second-order valence-electron chi connectivity index (χ2n) is 3.86. The first kappa shape index (κ1) is 9.47. The van der Waals surface area contributed by atoms with Crippen LogP contribution in [0.3, 0.4) is 0 Å². The van der Waals surface area contributed by atoms with E-state index >= 15 is 0 Å². The van der Waals surface area contributed by atoms with Crippen molar-refractivity contribution in [3.05, 3.63) is 29.6 Å². The maximum Gasteiger partial charge on any atom is 0.299 e. The number of benzene rings is 1. The Morgan fingerprint density at radius 3 is 2.88 bits per heavy atom. The monoisotopic (exact) mass is 221 g/mol. The highest BCUT2D eigenvalue weighted by molar-refractivity contribution is 6.52. The van der Waals surface area contributed by atoms with E-state index in [1.54, 1.807) is 0 Å². The average molecular weight is 221 g/mol. The number of epoxide rings is 1. The Bertz CT molecular complexity index is 496. The number of carbonyl (C=O) groups excluding carboxylic acids is 2. The zero-order chi connectivity index (χ0) is 11.3. The lowest BCUT2D eigenvalue weighted by atomic mass is 10.1. The molecule has 0 saturated carbocycles. The van der Waals surface area contributed by atoms with Gasteiger partial charge in [0.2, 0.25) is 0 Å². The summed E-state index contributed by atoms with van der Waals surface area (Å²) in [6.45, 7) is 0.906. The van der Waals surface area contributed by atoms with Gasteiger partial charge < -0.3 is 9.64 Å². The largest absolute Gasteiger partial charge is 0.371 e. The highest BCUT2D eigenvalue weighted by Gasteiger charge is 2.39. The summed E-state index contributed by atoms with van der Waals surface area (Å²) in [5.74, 6) is -1.63. The normalized spacial score (nSPS) is 22.6. The molecular weight excluding hydrogens is 213 g/mol. The Hall–Kier alpha value is -1.75. The van der Waals surface area contributed by atoms with E-state index in [-0.39, 0.29) is 11.7 Å². The predicted molar refractivity (Wildman–Crippen MR) is 52.8 cm³/mol. The van der Waals surface area contributed by atoms with Gasteiger partial charge in [-0.2, -0.15) is 0 Å². The molecule has 16 heavy (non-hydrogen) atoms. The standard InChI is InChI=1S/C11H8FNO3/c12-6-1-2-8-9(3-6)13(4-7-5-16-7)11(15)10(8)14/h1-3,7H,4-5H2. The van der Waals surface area contributed by atoms with E-state index in [4.69, 9.17) is 4.74 Å². The lowest BCUT2D eigenvalue weighted by Gasteiger charge is -2.14. The fraction of sp³-hybridized carbons (Fsp3) is 0.273. The summed E-state index contributed by atoms with van der Waals surface area (Å²) < 4.78 is 18.1. The Labute approximate surface area is 90.6 Å². The van der Waals surface area contributed by atoms with Gasteiger partial charge in [0.05, 0.1) is 30.5 Å². The molecule has 1 aromatic carbocycles. The van der Waals surface area contributed by atoms with Gasteiger partial charge in [-0.05, 0) is 18.2 Å². The van der Waals surface area contributed by atoms with Crippen molar-refractivity contribution in [2.45, 2.75) is 6.10 Å². The van der Waals surface area contributed by atoms with E-state index in [9.17, 15) is 14.0 Å². The summed E-state index contributed by atoms with van der Waals surface area (Å²) in [5.41, 5.74) is 0.623. The number of rotatable bonds is 2. The first-order valence-electron chi connectivity index (χ1n) is 4.94. The van der Waals surface area contributed by atoms with E-state index in [0.29, 0.717) is 18.8 Å². The van der Waals surface area contributed by atoms with Gasteiger partial charge in [0, 0.05) is 0 Å². The number of ketones is 1. The van der Waals surface area contributed by atoms with Crippen LogP contribution >= 0.6 is 0 Å². The van der Waals surface area contributed by atoms with Crippen LogP contribution < -0.4 is 4.90 Å². The number of hydrogen-bond acceptors (Lipinski definition) is 3. The number of carbonyl (C=O) groups is 2. The van der Waals surface area contributed by atoms with E-state index in [2.05, 4.69) is 0 Å². The number of halogens is 1. The van der Waals surface area contributed by atoms with Crippen molar-refractivity contribution < 1.29 is 18.7 Å². The van der Waals surface area contributed by atoms with Crippen LogP contribution in [0.5, 0.6) is 0 Å². The molecule has 1 fully saturated rings. The molecule has 3 rings (SSSR count). The second-order valence-corrected chi connectivity index (χ2v) is 3.86. The van der Waals surface area contributed by atoms with Crippen molar-refractivity contribution in [1.82, 2.24) is 0 Å². The van der Waals surface area contributed by atoms with Crippen molar-refractivity contribution >= 4 is 17.4 Å². The molecule has 4 nitrogen and oxygen atoms in total. The summed E-state index contributed by atoms with van der Waals surface area (Å²) >= 11 is 0. The molecule has 0 aliphatic carbocycles. The van der Waals surface area contributed by atoms with Gasteiger partial charge in [-0.3, -0.25) is 9.59 Å². The van der Waals surface area contributed by atoms with Crippen molar-refractivity contribution in [3.63, 3.8) is 0 Å². The SMILES string of the molecule is O=C1C(=O)N(CC2CO2)c2cc(F)ccc21. The molecule has 1 atom stereocenters. The fourth-order valence-electron chi connectivity index (χ4n) is 1.83. The summed E-state index contributed by atoms with van der Waals surface area (Å²) in [7, 11) is 0. The first-order valence-corrected chi connectivity index (χ1v) is 4.94. The topological polar surface area (TPSA) is 49.9 Å². The molecule has 0 spiro atoms. The molecule has 1 saturated heterocycles. The van der Waals surface area contributed by atoms with Gasteiger partial charge >= 0.3 is 0 Å². The summed E-state index contributed by atoms with van der Waals surface area (Å²) in [6, 6.07) is 3.74. The summed E-state index contributed by atoms with van der Waals surface area (Å²) in [4.78, 5) is 24.5. The van der Waals surface area contributed by atoms with E-state index in [1.807, 2.05) is 0 Å². The lowest BCUT2D eigenvalue weighted by molar-refractivity contribution is -0.114. The zero-order valence-electron chi connectivity index (χ0n) is 8.27. The van der Waals surface area contributed by atoms with Crippen molar-refractivity contribution in [1.29, 1.82) is 0 Å². The highest BCUT2D eigenvalue weighted by Crippen LogP contribution is 2.30. The molecule has 2 aliphatic heterocycles. The van der Waals surface area contributed by atoms with Crippen LogP contribution in [0.1, 0.15) is 10.4 Å². The molecule has 0 radical (unpaired) electrons. The number of ether oxygens (including phenoxy) is 1. The quantitative estimate of drug-likeness (QED) is 0.547. The molecule has 0 bridgehead atoms. The molecule has 0 aromatic heterocycles. The van der Waals surface area contributed by atoms with Gasteiger partial charge in [0.1, 0.15) is 5.82 Å². The Balaban J connectivity index is 2.03. The molecular formula is C11H8FNO3. The molecule has 5 heteroatoms. The van der Waals surface area contributed by atoms with Gasteiger partial charge in [-0.1, -0.05) is 0 Å².